The lowest BCUT2D eigenvalue weighted by Gasteiger charge is -2.17. The minimum atomic E-state index is -0.955. The summed E-state index contributed by atoms with van der Waals surface area (Å²) in [4.78, 5) is 21.3. The van der Waals surface area contributed by atoms with Gasteiger partial charge in [0.25, 0.3) is 0 Å². The second-order valence-corrected chi connectivity index (χ2v) is 7.97. The minimum Gasteiger partial charge on any atom is -0.487 e. The molecule has 0 saturated carbocycles. The maximum absolute atomic E-state index is 14.5. The van der Waals surface area contributed by atoms with E-state index in [9.17, 15) is 9.18 Å². The molecule has 0 fully saturated rings. The lowest BCUT2D eigenvalue weighted by Crippen LogP contribution is -2.29. The lowest BCUT2D eigenvalue weighted by atomic mass is 9.93. The van der Waals surface area contributed by atoms with Crippen LogP contribution >= 0.6 is 0 Å². The highest BCUT2D eigenvalue weighted by molar-refractivity contribution is 6.32. The third-order valence-electron chi connectivity index (χ3n) is 5.36. The summed E-state index contributed by atoms with van der Waals surface area (Å²) in [5, 5.41) is 0. The minimum absolute atomic E-state index is 0.00705. The number of rotatable bonds is 5. The largest absolute Gasteiger partial charge is 0.487 e. The zero-order valence-electron chi connectivity index (χ0n) is 17.6. The van der Waals surface area contributed by atoms with Crippen LogP contribution in [0.4, 0.5) is 4.39 Å². The second-order valence-electron chi connectivity index (χ2n) is 7.97. The van der Waals surface area contributed by atoms with Crippen molar-refractivity contribution in [2.24, 2.45) is 0 Å². The summed E-state index contributed by atoms with van der Waals surface area (Å²) in [7, 11) is 0. The number of nitrogens with zero attached hydrogens (tertiary/aromatic N) is 3. The summed E-state index contributed by atoms with van der Waals surface area (Å²) < 4.78 is 27.6. The van der Waals surface area contributed by atoms with E-state index in [1.165, 1.54) is 4.40 Å². The van der Waals surface area contributed by atoms with Crippen LogP contribution in [0.1, 0.15) is 30.7 Å². The number of fused-ring (bicyclic) bond motifs is 1. The maximum Gasteiger partial charge on any atom is 0.224 e. The number of ether oxygens (including phenoxy) is 2. The van der Waals surface area contributed by atoms with E-state index >= 15 is 0 Å². The number of pyridine rings is 2. The molecule has 4 aromatic rings. The molecule has 4 heterocycles. The summed E-state index contributed by atoms with van der Waals surface area (Å²) in [6, 6.07) is 16.0. The molecule has 0 N–H and O–H groups in total. The summed E-state index contributed by atoms with van der Waals surface area (Å²) in [6.07, 6.45) is 4.94. The van der Waals surface area contributed by atoms with Crippen LogP contribution in [-0.2, 0) is 16.1 Å². The van der Waals surface area contributed by atoms with Gasteiger partial charge in [-0.1, -0.05) is 18.2 Å². The third kappa shape index (κ3) is 3.41. The predicted molar refractivity (Wildman–Crippen MR) is 117 cm³/mol. The van der Waals surface area contributed by atoms with Crippen molar-refractivity contribution in [1.82, 2.24) is 14.4 Å². The standard InChI is InChI=1S/C25H20FN3O3/c1-25(2)23(30)21(22(32-25)17-10-12-27-13-11-17)16-6-8-18(9-7-16)31-15-19-24(26)29-14-4-3-5-20(29)28-19/h3-14H,15H2,1-2H3. The Kier molecular flexibility index (Phi) is 4.74. The summed E-state index contributed by atoms with van der Waals surface area (Å²) in [5.74, 6) is 0.537. The molecule has 3 aromatic heterocycles. The fourth-order valence-electron chi connectivity index (χ4n) is 3.70. The molecular weight excluding hydrogens is 409 g/mol. The van der Waals surface area contributed by atoms with E-state index in [1.54, 1.807) is 74.9 Å². The average Bonchev–Trinajstić information content (AvgIpc) is 3.26. The molecule has 0 radical (unpaired) electrons. The summed E-state index contributed by atoms with van der Waals surface area (Å²) in [5.41, 5.74) is 1.82. The van der Waals surface area contributed by atoms with Crippen LogP contribution in [0.15, 0.2) is 73.2 Å². The van der Waals surface area contributed by atoms with Gasteiger partial charge >= 0.3 is 0 Å². The van der Waals surface area contributed by atoms with Gasteiger partial charge in [-0.15, -0.1) is 0 Å². The number of hydrogen-bond acceptors (Lipinski definition) is 5. The highest BCUT2D eigenvalue weighted by atomic mass is 19.1. The smallest absolute Gasteiger partial charge is 0.224 e. The van der Waals surface area contributed by atoms with E-state index in [4.69, 9.17) is 9.47 Å². The van der Waals surface area contributed by atoms with Crippen LogP contribution in [0.25, 0.3) is 17.0 Å². The number of Topliss-reactive ketones (excluding diaryl/α,β-unsaturated/α-hetero) is 1. The van der Waals surface area contributed by atoms with E-state index in [1.807, 2.05) is 12.1 Å². The topological polar surface area (TPSA) is 65.7 Å². The van der Waals surface area contributed by atoms with Crippen molar-refractivity contribution >= 4 is 22.8 Å². The number of imidazole rings is 1. The number of halogens is 1. The SMILES string of the molecule is CC1(C)OC(c2ccncc2)=C(c2ccc(OCc3nc4ccccn4c3F)cc2)C1=O. The molecule has 0 aliphatic carbocycles. The van der Waals surface area contributed by atoms with Crippen molar-refractivity contribution in [1.29, 1.82) is 0 Å². The molecule has 0 atom stereocenters. The second kappa shape index (κ2) is 7.60. The van der Waals surface area contributed by atoms with E-state index in [2.05, 4.69) is 9.97 Å². The van der Waals surface area contributed by atoms with Gasteiger partial charge in [-0.3, -0.25) is 14.2 Å². The number of aromatic nitrogens is 3. The Morgan fingerprint density at radius 3 is 2.50 bits per heavy atom. The zero-order chi connectivity index (χ0) is 22.3. The van der Waals surface area contributed by atoms with E-state index < -0.39 is 11.5 Å². The van der Waals surface area contributed by atoms with Gasteiger partial charge in [-0.25, -0.2) is 4.98 Å². The fraction of sp³-hybridized carbons (Fsp3) is 0.160. The van der Waals surface area contributed by atoms with E-state index in [0.29, 0.717) is 22.7 Å². The molecule has 5 rings (SSSR count). The molecule has 0 bridgehead atoms. The Balaban J connectivity index is 1.41. The van der Waals surface area contributed by atoms with Crippen LogP contribution in [-0.4, -0.2) is 25.8 Å². The van der Waals surface area contributed by atoms with Gasteiger partial charge in [0, 0.05) is 24.2 Å². The molecule has 1 aromatic carbocycles. The normalized spacial score (nSPS) is 15.3. The first-order valence-electron chi connectivity index (χ1n) is 10.2. The molecule has 1 aliphatic rings. The number of ketones is 1. The Labute approximate surface area is 184 Å². The average molecular weight is 429 g/mol. The van der Waals surface area contributed by atoms with Crippen LogP contribution in [0, 0.1) is 5.95 Å². The highest BCUT2D eigenvalue weighted by Crippen LogP contribution is 2.41. The Hall–Kier alpha value is -4.00. The van der Waals surface area contributed by atoms with Gasteiger partial charge in [-0.2, -0.15) is 4.39 Å². The first-order valence-corrected chi connectivity index (χ1v) is 10.2. The van der Waals surface area contributed by atoms with Gasteiger partial charge in [0.1, 0.15) is 29.5 Å². The molecule has 160 valence electrons. The van der Waals surface area contributed by atoms with Gasteiger partial charge in [-0.05, 0) is 55.8 Å². The van der Waals surface area contributed by atoms with Crippen LogP contribution < -0.4 is 4.74 Å². The van der Waals surface area contributed by atoms with Gasteiger partial charge in [0.15, 0.2) is 5.60 Å². The number of carbonyl (C=O) groups is 1. The Morgan fingerprint density at radius 2 is 1.78 bits per heavy atom. The molecule has 0 spiro atoms. The quantitative estimate of drug-likeness (QED) is 0.460. The molecule has 0 saturated heterocycles. The summed E-state index contributed by atoms with van der Waals surface area (Å²) >= 11 is 0. The summed E-state index contributed by atoms with van der Waals surface area (Å²) in [6.45, 7) is 3.50. The highest BCUT2D eigenvalue weighted by Gasteiger charge is 2.42. The zero-order valence-corrected chi connectivity index (χ0v) is 17.6. The Morgan fingerprint density at radius 1 is 1.03 bits per heavy atom. The molecule has 7 heteroatoms. The maximum atomic E-state index is 14.5. The van der Waals surface area contributed by atoms with Gasteiger partial charge < -0.3 is 9.47 Å². The molecule has 6 nitrogen and oxygen atoms in total. The predicted octanol–water partition coefficient (Wildman–Crippen LogP) is 4.69. The first kappa shape index (κ1) is 19.9. The number of hydrogen-bond donors (Lipinski definition) is 0. The van der Waals surface area contributed by atoms with Crippen LogP contribution in [0.2, 0.25) is 0 Å². The van der Waals surface area contributed by atoms with Crippen LogP contribution in [0.5, 0.6) is 5.75 Å². The van der Waals surface area contributed by atoms with Crippen molar-refractivity contribution in [3.8, 4) is 5.75 Å². The van der Waals surface area contributed by atoms with Crippen molar-refractivity contribution in [2.45, 2.75) is 26.1 Å². The lowest BCUT2D eigenvalue weighted by molar-refractivity contribution is -0.125. The van der Waals surface area contributed by atoms with Crippen molar-refractivity contribution in [2.75, 3.05) is 0 Å². The van der Waals surface area contributed by atoms with Crippen LogP contribution in [0.3, 0.4) is 0 Å². The molecule has 0 unspecified atom stereocenters. The first-order chi connectivity index (χ1) is 15.4. The molecule has 32 heavy (non-hydrogen) atoms. The fourth-order valence-corrected chi connectivity index (χ4v) is 3.70. The molecule has 1 aliphatic heterocycles. The van der Waals surface area contributed by atoms with E-state index in [0.717, 1.165) is 11.1 Å². The van der Waals surface area contributed by atoms with Gasteiger partial charge in [0.05, 0.1) is 5.57 Å². The molecular formula is C25H20FN3O3. The number of benzene rings is 1. The number of carbonyl (C=O) groups excluding carboxylic acids is 1. The van der Waals surface area contributed by atoms with E-state index in [-0.39, 0.29) is 18.1 Å². The van der Waals surface area contributed by atoms with Crippen molar-refractivity contribution < 1.29 is 18.7 Å². The molecule has 0 amide bonds. The van der Waals surface area contributed by atoms with Crippen molar-refractivity contribution in [3.05, 3.63) is 96.0 Å². The monoisotopic (exact) mass is 429 g/mol. The Bertz CT molecular complexity index is 1340. The third-order valence-corrected chi connectivity index (χ3v) is 5.36. The van der Waals surface area contributed by atoms with Gasteiger partial charge in [0.2, 0.25) is 11.7 Å². The van der Waals surface area contributed by atoms with Crippen molar-refractivity contribution in [3.63, 3.8) is 0 Å².